The van der Waals surface area contributed by atoms with E-state index in [1.807, 2.05) is 0 Å². The molecule has 2 aromatic carbocycles. The maximum Gasteiger partial charge on any atom is 0.225 e. The molecule has 2 fully saturated rings. The van der Waals surface area contributed by atoms with Crippen molar-refractivity contribution in [1.82, 2.24) is 9.88 Å². The van der Waals surface area contributed by atoms with Gasteiger partial charge in [0.2, 0.25) is 11.8 Å². The van der Waals surface area contributed by atoms with Gasteiger partial charge in [0.15, 0.2) is 0 Å². The molecule has 1 aliphatic heterocycles. The topological polar surface area (TPSA) is 79.2 Å². The van der Waals surface area contributed by atoms with Crippen molar-refractivity contribution in [3.05, 3.63) is 59.4 Å². The molecular formula is C24H22F3N3O2. The Bertz CT molecular complexity index is 1220. The van der Waals surface area contributed by atoms with Gasteiger partial charge in [-0.2, -0.15) is 0 Å². The summed E-state index contributed by atoms with van der Waals surface area (Å²) in [5.74, 6) is -2.76. The molecule has 3 aromatic rings. The van der Waals surface area contributed by atoms with Gasteiger partial charge in [0.25, 0.3) is 0 Å². The molecule has 2 aliphatic rings. The van der Waals surface area contributed by atoms with Crippen LogP contribution < -0.4 is 5.73 Å². The largest absolute Gasteiger partial charge is 0.369 e. The third-order valence-corrected chi connectivity index (χ3v) is 6.80. The first-order valence-corrected chi connectivity index (χ1v) is 10.7. The van der Waals surface area contributed by atoms with Crippen molar-refractivity contribution in [3.63, 3.8) is 0 Å². The summed E-state index contributed by atoms with van der Waals surface area (Å²) in [6.45, 7) is 0.859. The SMILES string of the molecule is NC(=O)[C@@H]1CCN(C(=O)C2CC(c3c(-c4ccc(F)cc4)[nH]c4c(F)cc(F)cc34)C2)C1. The summed E-state index contributed by atoms with van der Waals surface area (Å²) in [5, 5.41) is 0.438. The predicted octanol–water partition coefficient (Wildman–Crippen LogP) is 4.08. The van der Waals surface area contributed by atoms with Crippen LogP contribution in [0.3, 0.4) is 0 Å². The number of likely N-dealkylation sites (tertiary alicyclic amines) is 1. The van der Waals surface area contributed by atoms with Gasteiger partial charge in [-0.1, -0.05) is 0 Å². The molecule has 8 heteroatoms. The number of nitrogens with zero attached hydrogens (tertiary/aromatic N) is 1. The second-order valence-corrected chi connectivity index (χ2v) is 8.77. The van der Waals surface area contributed by atoms with E-state index in [-0.39, 0.29) is 29.2 Å². The quantitative estimate of drug-likeness (QED) is 0.640. The van der Waals surface area contributed by atoms with Gasteiger partial charge in [0.05, 0.1) is 17.1 Å². The second kappa shape index (κ2) is 7.69. The van der Waals surface area contributed by atoms with E-state index in [4.69, 9.17) is 5.73 Å². The summed E-state index contributed by atoms with van der Waals surface area (Å²) >= 11 is 0. The summed E-state index contributed by atoms with van der Waals surface area (Å²) in [7, 11) is 0. The zero-order valence-corrected chi connectivity index (χ0v) is 17.2. The number of halogens is 3. The maximum atomic E-state index is 14.5. The fourth-order valence-electron chi connectivity index (χ4n) is 5.01. The summed E-state index contributed by atoms with van der Waals surface area (Å²) < 4.78 is 42.0. The highest BCUT2D eigenvalue weighted by Crippen LogP contribution is 2.49. The lowest BCUT2D eigenvalue weighted by Crippen LogP contribution is -2.40. The zero-order valence-electron chi connectivity index (χ0n) is 17.2. The Morgan fingerprint density at radius 3 is 2.38 bits per heavy atom. The molecule has 0 bridgehead atoms. The normalized spacial score (nSPS) is 22.8. The van der Waals surface area contributed by atoms with Crippen molar-refractivity contribution < 1.29 is 22.8 Å². The van der Waals surface area contributed by atoms with E-state index < -0.39 is 23.4 Å². The number of benzene rings is 2. The minimum Gasteiger partial charge on any atom is -0.369 e. The molecular weight excluding hydrogens is 419 g/mol. The maximum absolute atomic E-state index is 14.5. The first-order chi connectivity index (χ1) is 15.3. The molecule has 1 aromatic heterocycles. The van der Waals surface area contributed by atoms with Crippen molar-refractivity contribution in [1.29, 1.82) is 0 Å². The van der Waals surface area contributed by atoms with Gasteiger partial charge < -0.3 is 15.6 Å². The van der Waals surface area contributed by atoms with Crippen molar-refractivity contribution in [2.24, 2.45) is 17.6 Å². The lowest BCUT2D eigenvalue weighted by Gasteiger charge is -2.37. The van der Waals surface area contributed by atoms with Crippen LogP contribution in [0.15, 0.2) is 36.4 Å². The average Bonchev–Trinajstić information content (AvgIpc) is 3.34. The molecule has 1 atom stereocenters. The standard InChI is InChI=1S/C24H22F3N3O2/c25-16-3-1-12(2-4-16)21-20(18-9-17(26)10-19(27)22(18)29-21)14-7-15(8-14)24(32)30-6-5-13(11-30)23(28)31/h1-4,9-10,13-15,29H,5-8,11H2,(H2,28,31)/t13-,14?,15?/m1/s1. The Labute approximate surface area is 182 Å². The zero-order chi connectivity index (χ0) is 22.6. The summed E-state index contributed by atoms with van der Waals surface area (Å²) in [6, 6.07) is 7.94. The van der Waals surface area contributed by atoms with Gasteiger partial charge in [-0.05, 0) is 66.6 Å². The molecule has 1 aliphatic carbocycles. The molecule has 1 saturated heterocycles. The number of carbonyl (C=O) groups is 2. The van der Waals surface area contributed by atoms with E-state index in [1.54, 1.807) is 17.0 Å². The Kier molecular flexibility index (Phi) is 4.95. The van der Waals surface area contributed by atoms with E-state index in [0.717, 1.165) is 11.6 Å². The number of fused-ring (bicyclic) bond motifs is 1. The van der Waals surface area contributed by atoms with Gasteiger partial charge >= 0.3 is 0 Å². The number of amides is 2. The number of rotatable bonds is 4. The van der Waals surface area contributed by atoms with Crippen molar-refractivity contribution in [2.75, 3.05) is 13.1 Å². The predicted molar refractivity (Wildman–Crippen MR) is 113 cm³/mol. The van der Waals surface area contributed by atoms with Crippen LogP contribution in [0, 0.1) is 29.3 Å². The van der Waals surface area contributed by atoms with Crippen LogP contribution in [-0.4, -0.2) is 34.8 Å². The third-order valence-electron chi connectivity index (χ3n) is 6.80. The number of carbonyl (C=O) groups excluding carboxylic acids is 2. The third kappa shape index (κ3) is 3.43. The van der Waals surface area contributed by atoms with E-state index in [0.29, 0.717) is 49.0 Å². The number of nitrogens with one attached hydrogen (secondary N) is 1. The van der Waals surface area contributed by atoms with Crippen molar-refractivity contribution in [2.45, 2.75) is 25.2 Å². The van der Waals surface area contributed by atoms with Crippen LogP contribution in [0.25, 0.3) is 22.2 Å². The van der Waals surface area contributed by atoms with Gasteiger partial charge in [-0.25, -0.2) is 13.2 Å². The van der Waals surface area contributed by atoms with Gasteiger partial charge in [-0.15, -0.1) is 0 Å². The molecule has 5 nitrogen and oxygen atoms in total. The Morgan fingerprint density at radius 2 is 1.72 bits per heavy atom. The summed E-state index contributed by atoms with van der Waals surface area (Å²) in [5.41, 5.74) is 7.57. The fraction of sp³-hybridized carbons (Fsp3) is 0.333. The number of H-pyrrole nitrogens is 1. The molecule has 0 spiro atoms. The molecule has 5 rings (SSSR count). The molecule has 2 heterocycles. The number of primary amides is 1. The number of hydrogen-bond donors (Lipinski definition) is 2. The molecule has 0 radical (unpaired) electrons. The first kappa shape index (κ1) is 20.6. The van der Waals surface area contributed by atoms with Crippen molar-refractivity contribution >= 4 is 22.7 Å². The minimum atomic E-state index is -0.698. The highest BCUT2D eigenvalue weighted by atomic mass is 19.1. The number of hydrogen-bond acceptors (Lipinski definition) is 2. The lowest BCUT2D eigenvalue weighted by atomic mass is 9.69. The summed E-state index contributed by atoms with van der Waals surface area (Å²) in [4.78, 5) is 29.0. The molecule has 1 saturated carbocycles. The number of aromatic nitrogens is 1. The Morgan fingerprint density at radius 1 is 1.00 bits per heavy atom. The van der Waals surface area contributed by atoms with Crippen molar-refractivity contribution in [3.8, 4) is 11.3 Å². The van der Waals surface area contributed by atoms with Crippen LogP contribution in [0.1, 0.15) is 30.7 Å². The second-order valence-electron chi connectivity index (χ2n) is 8.77. The van der Waals surface area contributed by atoms with Crippen LogP contribution in [0.5, 0.6) is 0 Å². The average molecular weight is 441 g/mol. The van der Waals surface area contributed by atoms with Crippen LogP contribution >= 0.6 is 0 Å². The van der Waals surface area contributed by atoms with Crippen LogP contribution in [0.4, 0.5) is 13.2 Å². The smallest absolute Gasteiger partial charge is 0.225 e. The van der Waals surface area contributed by atoms with Crippen LogP contribution in [-0.2, 0) is 9.59 Å². The Hall–Kier alpha value is -3.29. The fourth-order valence-corrected chi connectivity index (χ4v) is 5.01. The Balaban J connectivity index is 1.44. The molecule has 32 heavy (non-hydrogen) atoms. The molecule has 166 valence electrons. The monoisotopic (exact) mass is 441 g/mol. The van der Waals surface area contributed by atoms with Gasteiger partial charge in [0, 0.05) is 30.5 Å². The van der Waals surface area contributed by atoms with E-state index in [9.17, 15) is 22.8 Å². The number of nitrogens with two attached hydrogens (primary N) is 1. The van der Waals surface area contributed by atoms with E-state index >= 15 is 0 Å². The van der Waals surface area contributed by atoms with Gasteiger partial charge in [0.1, 0.15) is 17.5 Å². The van der Waals surface area contributed by atoms with Crippen LogP contribution in [0.2, 0.25) is 0 Å². The number of aromatic amines is 1. The van der Waals surface area contributed by atoms with Gasteiger partial charge in [-0.3, -0.25) is 9.59 Å². The van der Waals surface area contributed by atoms with E-state index in [1.165, 1.54) is 18.2 Å². The highest BCUT2D eigenvalue weighted by Gasteiger charge is 2.42. The highest BCUT2D eigenvalue weighted by molar-refractivity contribution is 5.92. The molecule has 3 N–H and O–H groups in total. The van der Waals surface area contributed by atoms with E-state index in [2.05, 4.69) is 4.98 Å². The summed E-state index contributed by atoms with van der Waals surface area (Å²) in [6.07, 6.45) is 1.65. The minimum absolute atomic E-state index is 0.00876. The lowest BCUT2D eigenvalue weighted by molar-refractivity contribution is -0.137. The molecule has 2 amide bonds. The first-order valence-electron chi connectivity index (χ1n) is 10.7. The molecule has 0 unspecified atom stereocenters.